The van der Waals surface area contributed by atoms with Gasteiger partial charge in [0.2, 0.25) is 5.91 Å². The number of carboxylic acids is 1. The van der Waals surface area contributed by atoms with Crippen LogP contribution in [0.5, 0.6) is 11.5 Å². The molecule has 0 fully saturated rings. The molecule has 0 radical (unpaired) electrons. The Bertz CT molecular complexity index is 446. The van der Waals surface area contributed by atoms with Gasteiger partial charge in [0.1, 0.15) is 17.5 Å². The third-order valence-corrected chi connectivity index (χ3v) is 2.39. The topological polar surface area (TPSA) is 84.9 Å². The molecule has 6 nitrogen and oxygen atoms in total. The molecule has 1 aromatic carbocycles. The van der Waals surface area contributed by atoms with E-state index in [4.69, 9.17) is 14.6 Å². The van der Waals surface area contributed by atoms with E-state index in [0.717, 1.165) is 0 Å². The quantitative estimate of drug-likeness (QED) is 0.771. The fraction of sp³-hybridized carbons (Fsp3) is 0.385. The van der Waals surface area contributed by atoms with Crippen molar-refractivity contribution in [1.82, 2.24) is 5.32 Å². The van der Waals surface area contributed by atoms with Gasteiger partial charge in [0.05, 0.1) is 20.1 Å². The van der Waals surface area contributed by atoms with Gasteiger partial charge in [-0.1, -0.05) is 6.07 Å². The smallest absolute Gasteiger partial charge is 0.325 e. The summed E-state index contributed by atoms with van der Waals surface area (Å²) in [4.78, 5) is 21.9. The first-order valence-electron chi connectivity index (χ1n) is 5.82. The van der Waals surface area contributed by atoms with Crippen LogP contribution in [0.15, 0.2) is 24.3 Å². The molecule has 0 aliphatic rings. The number of carbonyl (C=O) groups is 2. The number of carbonyl (C=O) groups excluding carboxylic acids is 1. The van der Waals surface area contributed by atoms with E-state index in [2.05, 4.69) is 5.32 Å². The molecule has 0 saturated heterocycles. The molecule has 0 aromatic heterocycles. The lowest BCUT2D eigenvalue weighted by Crippen LogP contribution is -2.38. The van der Waals surface area contributed by atoms with E-state index in [9.17, 15) is 9.59 Å². The maximum absolute atomic E-state index is 11.4. The van der Waals surface area contributed by atoms with Crippen LogP contribution in [0.25, 0.3) is 0 Å². The first-order valence-corrected chi connectivity index (χ1v) is 5.82. The summed E-state index contributed by atoms with van der Waals surface area (Å²) in [6.07, 6.45) is 0.0921. The van der Waals surface area contributed by atoms with Crippen molar-refractivity contribution < 1.29 is 24.2 Å². The van der Waals surface area contributed by atoms with Gasteiger partial charge >= 0.3 is 5.97 Å². The highest BCUT2D eigenvalue weighted by molar-refractivity contribution is 5.83. The Morgan fingerprint density at radius 3 is 2.68 bits per heavy atom. The van der Waals surface area contributed by atoms with Crippen LogP contribution >= 0.6 is 0 Å². The van der Waals surface area contributed by atoms with Gasteiger partial charge in [-0.15, -0.1) is 0 Å². The third kappa shape index (κ3) is 5.29. The van der Waals surface area contributed by atoms with E-state index >= 15 is 0 Å². The molecule has 6 heteroatoms. The number of benzene rings is 1. The van der Waals surface area contributed by atoms with Crippen LogP contribution in [0.1, 0.15) is 13.3 Å². The fourth-order valence-electron chi connectivity index (χ4n) is 1.33. The summed E-state index contributed by atoms with van der Waals surface area (Å²) in [6.45, 7) is 1.58. The molecule has 0 unspecified atom stereocenters. The number of hydrogen-bond acceptors (Lipinski definition) is 4. The zero-order chi connectivity index (χ0) is 14.3. The van der Waals surface area contributed by atoms with E-state index in [0.29, 0.717) is 11.5 Å². The second-order valence-electron chi connectivity index (χ2n) is 3.90. The number of aliphatic carboxylic acids is 1. The van der Waals surface area contributed by atoms with Gasteiger partial charge in [0.15, 0.2) is 0 Å². The molecular formula is C13H17NO5. The summed E-state index contributed by atoms with van der Waals surface area (Å²) in [6, 6.07) is 6.12. The minimum Gasteiger partial charge on any atom is -0.497 e. The minimum atomic E-state index is -1.07. The van der Waals surface area contributed by atoms with Crippen LogP contribution in [0.2, 0.25) is 0 Å². The number of methoxy groups -OCH3 is 1. The SMILES string of the molecule is COc1cccc(OCCC(=O)N[C@@H](C)C(=O)O)c1. The van der Waals surface area contributed by atoms with E-state index in [1.165, 1.54) is 6.92 Å². The number of rotatable bonds is 7. The van der Waals surface area contributed by atoms with Crippen LogP contribution in [0.4, 0.5) is 0 Å². The Kier molecular flexibility index (Phi) is 5.66. The molecule has 1 rings (SSSR count). The van der Waals surface area contributed by atoms with Gasteiger partial charge in [0.25, 0.3) is 0 Å². The summed E-state index contributed by atoms with van der Waals surface area (Å²) < 4.78 is 10.4. The summed E-state index contributed by atoms with van der Waals surface area (Å²) >= 11 is 0. The second-order valence-corrected chi connectivity index (χ2v) is 3.90. The maximum atomic E-state index is 11.4. The standard InChI is InChI=1S/C13H17NO5/c1-9(13(16)17)14-12(15)6-7-19-11-5-3-4-10(8-11)18-2/h3-5,8-9H,6-7H2,1-2H3,(H,14,15)(H,16,17)/t9-/m0/s1. The summed E-state index contributed by atoms with van der Waals surface area (Å²) in [5, 5.41) is 11.0. The van der Waals surface area contributed by atoms with E-state index < -0.39 is 12.0 Å². The van der Waals surface area contributed by atoms with Crippen molar-refractivity contribution in [2.45, 2.75) is 19.4 Å². The van der Waals surface area contributed by atoms with Gasteiger partial charge in [-0.05, 0) is 19.1 Å². The monoisotopic (exact) mass is 267 g/mol. The van der Waals surface area contributed by atoms with E-state index in [-0.39, 0.29) is 18.9 Å². The lowest BCUT2D eigenvalue weighted by atomic mass is 10.3. The van der Waals surface area contributed by atoms with Crippen molar-refractivity contribution in [1.29, 1.82) is 0 Å². The highest BCUT2D eigenvalue weighted by atomic mass is 16.5. The predicted octanol–water partition coefficient (Wildman–Crippen LogP) is 1.05. The molecule has 19 heavy (non-hydrogen) atoms. The zero-order valence-corrected chi connectivity index (χ0v) is 10.9. The third-order valence-electron chi connectivity index (χ3n) is 2.39. The molecule has 104 valence electrons. The van der Waals surface area contributed by atoms with Crippen molar-refractivity contribution in [3.05, 3.63) is 24.3 Å². The Balaban J connectivity index is 2.33. The molecule has 0 heterocycles. The van der Waals surface area contributed by atoms with Gasteiger partial charge in [-0.3, -0.25) is 9.59 Å². The van der Waals surface area contributed by atoms with Crippen LogP contribution < -0.4 is 14.8 Å². The molecule has 0 saturated carbocycles. The number of carboxylic acid groups (broad SMARTS) is 1. The highest BCUT2D eigenvalue weighted by Gasteiger charge is 2.13. The van der Waals surface area contributed by atoms with Gasteiger partial charge in [-0.2, -0.15) is 0 Å². The molecule has 0 aliphatic carbocycles. The Labute approximate surface area is 111 Å². The number of nitrogens with one attached hydrogen (secondary N) is 1. The zero-order valence-electron chi connectivity index (χ0n) is 10.9. The van der Waals surface area contributed by atoms with E-state index in [1.54, 1.807) is 31.4 Å². The van der Waals surface area contributed by atoms with E-state index in [1.807, 2.05) is 0 Å². The molecule has 0 spiro atoms. The molecule has 2 N–H and O–H groups in total. The normalized spacial score (nSPS) is 11.5. The van der Waals surface area contributed by atoms with Crippen molar-refractivity contribution in [2.75, 3.05) is 13.7 Å². The van der Waals surface area contributed by atoms with Gasteiger partial charge < -0.3 is 19.9 Å². The summed E-state index contributed by atoms with van der Waals surface area (Å²) in [5.41, 5.74) is 0. The maximum Gasteiger partial charge on any atom is 0.325 e. The lowest BCUT2D eigenvalue weighted by molar-refractivity contribution is -0.141. The molecule has 1 amide bonds. The van der Waals surface area contributed by atoms with Crippen molar-refractivity contribution in [3.8, 4) is 11.5 Å². The largest absolute Gasteiger partial charge is 0.497 e. The highest BCUT2D eigenvalue weighted by Crippen LogP contribution is 2.18. The van der Waals surface area contributed by atoms with Crippen LogP contribution in [-0.2, 0) is 9.59 Å². The van der Waals surface area contributed by atoms with Crippen molar-refractivity contribution in [2.24, 2.45) is 0 Å². The molecular weight excluding hydrogens is 250 g/mol. The average molecular weight is 267 g/mol. The minimum absolute atomic E-state index is 0.0921. The Hall–Kier alpha value is -2.24. The number of amides is 1. The summed E-state index contributed by atoms with van der Waals surface area (Å²) in [5.74, 6) is -0.167. The average Bonchev–Trinajstić information content (AvgIpc) is 2.38. The van der Waals surface area contributed by atoms with Gasteiger partial charge in [0, 0.05) is 6.07 Å². The van der Waals surface area contributed by atoms with Crippen LogP contribution in [0.3, 0.4) is 0 Å². The fourth-order valence-corrected chi connectivity index (χ4v) is 1.33. The van der Waals surface area contributed by atoms with Crippen molar-refractivity contribution >= 4 is 11.9 Å². The Morgan fingerprint density at radius 2 is 2.05 bits per heavy atom. The van der Waals surface area contributed by atoms with Crippen molar-refractivity contribution in [3.63, 3.8) is 0 Å². The van der Waals surface area contributed by atoms with Crippen LogP contribution in [0, 0.1) is 0 Å². The summed E-state index contributed by atoms with van der Waals surface area (Å²) in [7, 11) is 1.56. The van der Waals surface area contributed by atoms with Crippen LogP contribution in [-0.4, -0.2) is 36.7 Å². The molecule has 0 aliphatic heterocycles. The second kappa shape index (κ2) is 7.25. The molecule has 1 atom stereocenters. The lowest BCUT2D eigenvalue weighted by Gasteiger charge is -2.10. The first-order chi connectivity index (χ1) is 9.02. The number of ether oxygens (including phenoxy) is 2. The number of hydrogen-bond donors (Lipinski definition) is 2. The predicted molar refractivity (Wildman–Crippen MR) is 68.3 cm³/mol. The molecule has 1 aromatic rings. The Morgan fingerprint density at radius 1 is 1.37 bits per heavy atom. The molecule has 0 bridgehead atoms. The van der Waals surface area contributed by atoms with Gasteiger partial charge in [-0.25, -0.2) is 0 Å². The first kappa shape index (κ1) is 14.8.